The van der Waals surface area contributed by atoms with Gasteiger partial charge in [0.2, 0.25) is 5.89 Å². The summed E-state index contributed by atoms with van der Waals surface area (Å²) in [6.07, 6.45) is 1.79. The zero-order chi connectivity index (χ0) is 13.8. The monoisotopic (exact) mass is 252 g/mol. The molecule has 1 aromatic rings. The maximum absolute atomic E-state index is 5.69. The van der Waals surface area contributed by atoms with Crippen molar-refractivity contribution in [1.29, 1.82) is 0 Å². The third-order valence-electron chi connectivity index (χ3n) is 2.35. The lowest BCUT2D eigenvalue weighted by molar-refractivity contribution is 0.379. The van der Waals surface area contributed by atoms with Crippen molar-refractivity contribution in [1.82, 2.24) is 15.6 Å². The molecule has 1 aromatic heterocycles. The average molecular weight is 252 g/mol. The molecule has 0 aromatic carbocycles. The number of guanidine groups is 1. The number of hydrogen-bond acceptors (Lipinski definition) is 3. The van der Waals surface area contributed by atoms with Crippen LogP contribution in [0, 0.1) is 0 Å². The number of hydrogen-bond donors (Lipinski definition) is 2. The molecular weight excluding hydrogens is 228 g/mol. The van der Waals surface area contributed by atoms with Gasteiger partial charge in [-0.15, -0.1) is 0 Å². The van der Waals surface area contributed by atoms with Crippen LogP contribution in [0.1, 0.15) is 46.3 Å². The SMILES string of the molecule is CN=C(NCc1ncc(C(C)(C)C)o1)NC(C)C. The highest BCUT2D eigenvalue weighted by atomic mass is 16.4. The molecule has 0 atom stereocenters. The second-order valence-corrected chi connectivity index (χ2v) is 5.59. The molecule has 5 nitrogen and oxygen atoms in total. The third kappa shape index (κ3) is 4.39. The van der Waals surface area contributed by atoms with Gasteiger partial charge in [0.05, 0.1) is 12.7 Å². The van der Waals surface area contributed by atoms with Crippen molar-refractivity contribution in [2.45, 2.75) is 52.6 Å². The molecule has 0 aliphatic rings. The van der Waals surface area contributed by atoms with E-state index >= 15 is 0 Å². The van der Waals surface area contributed by atoms with Crippen molar-refractivity contribution in [3.8, 4) is 0 Å². The van der Waals surface area contributed by atoms with Crippen LogP contribution in [0.3, 0.4) is 0 Å². The molecule has 1 rings (SSSR count). The number of nitrogens with zero attached hydrogens (tertiary/aromatic N) is 2. The lowest BCUT2D eigenvalue weighted by atomic mass is 9.94. The molecule has 18 heavy (non-hydrogen) atoms. The Hall–Kier alpha value is -1.52. The van der Waals surface area contributed by atoms with Crippen LogP contribution in [0.5, 0.6) is 0 Å². The number of rotatable bonds is 3. The number of oxazole rings is 1. The minimum absolute atomic E-state index is 0.0108. The quantitative estimate of drug-likeness (QED) is 0.638. The normalized spacial score (nSPS) is 12.9. The molecule has 2 N–H and O–H groups in total. The number of aliphatic imine (C=N–C) groups is 1. The van der Waals surface area contributed by atoms with Gasteiger partial charge in [0, 0.05) is 18.5 Å². The van der Waals surface area contributed by atoms with E-state index in [4.69, 9.17) is 4.42 Å². The maximum Gasteiger partial charge on any atom is 0.213 e. The highest BCUT2D eigenvalue weighted by Gasteiger charge is 2.19. The van der Waals surface area contributed by atoms with Gasteiger partial charge in [-0.2, -0.15) is 0 Å². The van der Waals surface area contributed by atoms with Gasteiger partial charge in [-0.3, -0.25) is 4.99 Å². The average Bonchev–Trinajstić information content (AvgIpc) is 2.71. The van der Waals surface area contributed by atoms with E-state index in [1.54, 1.807) is 13.2 Å². The maximum atomic E-state index is 5.69. The first-order chi connectivity index (χ1) is 8.32. The van der Waals surface area contributed by atoms with Crippen molar-refractivity contribution in [3.05, 3.63) is 17.8 Å². The van der Waals surface area contributed by atoms with E-state index in [1.807, 2.05) is 0 Å². The second kappa shape index (κ2) is 5.89. The fourth-order valence-corrected chi connectivity index (χ4v) is 1.37. The predicted octanol–water partition coefficient (Wildman–Crippen LogP) is 2.05. The fraction of sp³-hybridized carbons (Fsp3) is 0.692. The molecule has 0 saturated carbocycles. The molecule has 0 fully saturated rings. The Morgan fingerprint density at radius 2 is 2.11 bits per heavy atom. The van der Waals surface area contributed by atoms with Crippen LogP contribution in [0.25, 0.3) is 0 Å². The van der Waals surface area contributed by atoms with Gasteiger partial charge in [0.25, 0.3) is 0 Å². The molecule has 0 amide bonds. The van der Waals surface area contributed by atoms with E-state index in [1.165, 1.54) is 0 Å². The van der Waals surface area contributed by atoms with Gasteiger partial charge in [0.1, 0.15) is 5.76 Å². The molecule has 0 unspecified atom stereocenters. The summed E-state index contributed by atoms with van der Waals surface area (Å²) in [6, 6.07) is 0.339. The van der Waals surface area contributed by atoms with E-state index in [0.717, 1.165) is 11.7 Å². The zero-order valence-corrected chi connectivity index (χ0v) is 12.2. The smallest absolute Gasteiger partial charge is 0.213 e. The van der Waals surface area contributed by atoms with E-state index < -0.39 is 0 Å². The van der Waals surface area contributed by atoms with Crippen LogP contribution in [0.15, 0.2) is 15.6 Å². The molecule has 0 spiro atoms. The van der Waals surface area contributed by atoms with Crippen LogP contribution >= 0.6 is 0 Å². The van der Waals surface area contributed by atoms with Crippen LogP contribution < -0.4 is 10.6 Å². The van der Waals surface area contributed by atoms with Crippen LogP contribution in [0.2, 0.25) is 0 Å². The van der Waals surface area contributed by atoms with Gasteiger partial charge in [-0.1, -0.05) is 20.8 Å². The summed E-state index contributed by atoms with van der Waals surface area (Å²) in [5.74, 6) is 2.32. The lowest BCUT2D eigenvalue weighted by Crippen LogP contribution is -2.40. The van der Waals surface area contributed by atoms with Gasteiger partial charge in [0.15, 0.2) is 5.96 Å². The summed E-state index contributed by atoms with van der Waals surface area (Å²) in [6.45, 7) is 11.0. The minimum atomic E-state index is -0.0108. The summed E-state index contributed by atoms with van der Waals surface area (Å²) >= 11 is 0. The summed E-state index contributed by atoms with van der Waals surface area (Å²) < 4.78 is 5.69. The molecule has 5 heteroatoms. The molecule has 0 bridgehead atoms. The number of nitrogens with one attached hydrogen (secondary N) is 2. The third-order valence-corrected chi connectivity index (χ3v) is 2.35. The van der Waals surface area contributed by atoms with Crippen molar-refractivity contribution in [2.24, 2.45) is 4.99 Å². The Bertz CT molecular complexity index is 401. The molecule has 0 radical (unpaired) electrons. The number of aromatic nitrogens is 1. The molecule has 0 aliphatic heterocycles. The second-order valence-electron chi connectivity index (χ2n) is 5.59. The van der Waals surface area contributed by atoms with E-state index in [0.29, 0.717) is 18.5 Å². The Morgan fingerprint density at radius 1 is 1.44 bits per heavy atom. The van der Waals surface area contributed by atoms with Crippen LogP contribution in [0.4, 0.5) is 0 Å². The highest BCUT2D eigenvalue weighted by Crippen LogP contribution is 2.22. The molecule has 0 saturated heterocycles. The van der Waals surface area contributed by atoms with Crippen molar-refractivity contribution in [2.75, 3.05) is 7.05 Å². The van der Waals surface area contributed by atoms with Crippen molar-refractivity contribution in [3.63, 3.8) is 0 Å². The summed E-state index contributed by atoms with van der Waals surface area (Å²) in [4.78, 5) is 8.38. The Labute approximate surface area is 109 Å². The standard InChI is InChI=1S/C13H24N4O/c1-9(2)17-12(14-6)16-8-11-15-7-10(18-11)13(3,4)5/h7,9H,8H2,1-6H3,(H2,14,16,17). The Kier molecular flexibility index (Phi) is 4.76. The summed E-state index contributed by atoms with van der Waals surface area (Å²) in [5.41, 5.74) is -0.0108. The molecule has 1 heterocycles. The molecular formula is C13H24N4O. The largest absolute Gasteiger partial charge is 0.443 e. The fourth-order valence-electron chi connectivity index (χ4n) is 1.37. The van der Waals surface area contributed by atoms with Gasteiger partial charge >= 0.3 is 0 Å². The molecule has 0 aliphatic carbocycles. The van der Waals surface area contributed by atoms with E-state index in [2.05, 4.69) is 55.2 Å². The first-order valence-electron chi connectivity index (χ1n) is 6.25. The summed E-state index contributed by atoms with van der Waals surface area (Å²) in [5, 5.41) is 6.37. The Balaban J connectivity index is 2.56. The highest BCUT2D eigenvalue weighted by molar-refractivity contribution is 5.79. The first kappa shape index (κ1) is 14.5. The first-order valence-corrected chi connectivity index (χ1v) is 6.25. The van der Waals surface area contributed by atoms with Crippen molar-refractivity contribution < 1.29 is 4.42 Å². The summed E-state index contributed by atoms with van der Waals surface area (Å²) in [7, 11) is 1.74. The van der Waals surface area contributed by atoms with Crippen LogP contribution in [-0.4, -0.2) is 24.0 Å². The van der Waals surface area contributed by atoms with Gasteiger partial charge in [-0.05, 0) is 13.8 Å². The van der Waals surface area contributed by atoms with Gasteiger partial charge < -0.3 is 15.1 Å². The van der Waals surface area contributed by atoms with Crippen molar-refractivity contribution >= 4 is 5.96 Å². The topological polar surface area (TPSA) is 62.5 Å². The lowest BCUT2D eigenvalue weighted by Gasteiger charge is -2.14. The van der Waals surface area contributed by atoms with E-state index in [-0.39, 0.29) is 5.41 Å². The Morgan fingerprint density at radius 3 is 2.56 bits per heavy atom. The molecule has 102 valence electrons. The minimum Gasteiger partial charge on any atom is -0.443 e. The zero-order valence-electron chi connectivity index (χ0n) is 12.2. The van der Waals surface area contributed by atoms with Crippen LogP contribution in [-0.2, 0) is 12.0 Å². The van der Waals surface area contributed by atoms with E-state index in [9.17, 15) is 0 Å². The van der Waals surface area contributed by atoms with Gasteiger partial charge in [-0.25, -0.2) is 4.98 Å². The predicted molar refractivity (Wildman–Crippen MR) is 73.7 cm³/mol.